The van der Waals surface area contributed by atoms with E-state index < -0.39 is 0 Å². The number of thioether (sulfide) groups is 1. The maximum atomic E-state index is 13.0. The Morgan fingerprint density at radius 1 is 1.13 bits per heavy atom. The molecular formula is C20H17FN6OS2. The topological polar surface area (TPSA) is 98.7 Å². The molecule has 4 rings (SSSR count). The van der Waals surface area contributed by atoms with E-state index in [2.05, 4.69) is 20.5 Å². The summed E-state index contributed by atoms with van der Waals surface area (Å²) in [5, 5.41) is 13.7. The second-order valence-corrected chi connectivity index (χ2v) is 8.22. The molecule has 0 radical (unpaired) electrons. The molecule has 30 heavy (non-hydrogen) atoms. The number of hydrogen-bond donors (Lipinski definition) is 2. The van der Waals surface area contributed by atoms with Crippen molar-refractivity contribution in [3.8, 4) is 22.6 Å². The summed E-state index contributed by atoms with van der Waals surface area (Å²) in [4.78, 5) is 16.7. The number of nitrogens with two attached hydrogens (primary N) is 1. The second kappa shape index (κ2) is 8.64. The molecule has 4 aromatic rings. The molecule has 2 heterocycles. The first-order valence-corrected chi connectivity index (χ1v) is 10.8. The fraction of sp³-hybridized carbons (Fsp3) is 0.100. The van der Waals surface area contributed by atoms with Crippen LogP contribution >= 0.6 is 23.1 Å². The summed E-state index contributed by atoms with van der Waals surface area (Å²) in [5.74, 6) is 6.18. The van der Waals surface area contributed by atoms with Gasteiger partial charge in [-0.2, -0.15) is 0 Å². The molecule has 0 spiro atoms. The van der Waals surface area contributed by atoms with Gasteiger partial charge in [0.2, 0.25) is 11.1 Å². The third-order valence-corrected chi connectivity index (χ3v) is 5.90. The summed E-state index contributed by atoms with van der Waals surface area (Å²) in [6.45, 7) is 2.00. The van der Waals surface area contributed by atoms with Gasteiger partial charge in [0.05, 0.1) is 11.4 Å². The van der Waals surface area contributed by atoms with Gasteiger partial charge in [-0.1, -0.05) is 41.6 Å². The number of rotatable bonds is 6. The predicted octanol–water partition coefficient (Wildman–Crippen LogP) is 3.96. The Labute approximate surface area is 180 Å². The molecule has 0 aliphatic heterocycles. The molecule has 0 aliphatic rings. The van der Waals surface area contributed by atoms with Crippen LogP contribution in [0.5, 0.6) is 0 Å². The smallest absolute Gasteiger partial charge is 0.236 e. The molecule has 152 valence electrons. The number of aryl methyl sites for hydroxylation is 1. The highest BCUT2D eigenvalue weighted by atomic mass is 32.2. The zero-order chi connectivity index (χ0) is 21.1. The van der Waals surface area contributed by atoms with Crippen molar-refractivity contribution >= 4 is 34.1 Å². The molecule has 7 nitrogen and oxygen atoms in total. The van der Waals surface area contributed by atoms with E-state index in [9.17, 15) is 9.18 Å². The van der Waals surface area contributed by atoms with Crippen LogP contribution in [0.15, 0.2) is 59.1 Å². The molecule has 0 bridgehead atoms. The van der Waals surface area contributed by atoms with Gasteiger partial charge in [-0.25, -0.2) is 14.1 Å². The minimum absolute atomic E-state index is 0.106. The van der Waals surface area contributed by atoms with Crippen molar-refractivity contribution in [2.75, 3.05) is 16.9 Å². The number of nitrogen functional groups attached to an aromatic ring is 1. The summed E-state index contributed by atoms with van der Waals surface area (Å²) in [5.41, 5.74) is 3.44. The van der Waals surface area contributed by atoms with E-state index in [1.54, 1.807) is 17.5 Å². The molecule has 0 saturated heterocycles. The molecule has 0 fully saturated rings. The Balaban J connectivity index is 1.36. The number of nitrogens with zero attached hydrogens (tertiary/aromatic N) is 4. The summed E-state index contributed by atoms with van der Waals surface area (Å²) in [6, 6.07) is 13.8. The molecular weight excluding hydrogens is 423 g/mol. The number of thiazole rings is 1. The summed E-state index contributed by atoms with van der Waals surface area (Å²) in [6.07, 6.45) is 0. The van der Waals surface area contributed by atoms with Crippen molar-refractivity contribution in [3.05, 3.63) is 65.3 Å². The average Bonchev–Trinajstić information content (AvgIpc) is 3.34. The minimum atomic E-state index is -0.308. The fourth-order valence-corrected chi connectivity index (χ4v) is 4.04. The maximum Gasteiger partial charge on any atom is 0.236 e. The van der Waals surface area contributed by atoms with E-state index in [0.717, 1.165) is 16.7 Å². The monoisotopic (exact) mass is 440 g/mol. The molecule has 0 aliphatic carbocycles. The number of carbonyl (C=O) groups excluding carboxylic acids is 1. The van der Waals surface area contributed by atoms with Crippen molar-refractivity contribution in [2.45, 2.75) is 12.1 Å². The number of anilines is 1. The number of benzene rings is 2. The van der Waals surface area contributed by atoms with Crippen LogP contribution in [0.1, 0.15) is 5.56 Å². The predicted molar refractivity (Wildman–Crippen MR) is 117 cm³/mol. The first-order chi connectivity index (χ1) is 14.5. The van der Waals surface area contributed by atoms with Crippen molar-refractivity contribution in [3.63, 3.8) is 0 Å². The Kier molecular flexibility index (Phi) is 5.77. The van der Waals surface area contributed by atoms with Gasteiger partial charge in [0.25, 0.3) is 0 Å². The largest absolute Gasteiger partial charge is 0.335 e. The third-order valence-electron chi connectivity index (χ3n) is 4.20. The highest BCUT2D eigenvalue weighted by Gasteiger charge is 2.15. The summed E-state index contributed by atoms with van der Waals surface area (Å²) in [7, 11) is 0. The number of carbonyl (C=O) groups is 1. The van der Waals surface area contributed by atoms with Gasteiger partial charge in [0, 0.05) is 16.5 Å². The number of amides is 1. The van der Waals surface area contributed by atoms with Gasteiger partial charge in [-0.3, -0.25) is 4.79 Å². The van der Waals surface area contributed by atoms with Crippen LogP contribution in [0.25, 0.3) is 22.6 Å². The summed E-state index contributed by atoms with van der Waals surface area (Å²) < 4.78 is 14.4. The van der Waals surface area contributed by atoms with Crippen LogP contribution < -0.4 is 11.2 Å². The first kappa shape index (κ1) is 20.0. The van der Waals surface area contributed by atoms with Crippen LogP contribution in [0.2, 0.25) is 0 Å². The van der Waals surface area contributed by atoms with Gasteiger partial charge in [-0.15, -0.1) is 21.5 Å². The number of hydrogen-bond acceptors (Lipinski definition) is 7. The lowest BCUT2D eigenvalue weighted by atomic mass is 10.1. The normalized spacial score (nSPS) is 10.9. The number of halogens is 1. The molecule has 3 N–H and O–H groups in total. The van der Waals surface area contributed by atoms with E-state index in [1.807, 2.05) is 31.2 Å². The third kappa shape index (κ3) is 4.50. The molecule has 1 amide bonds. The molecule has 0 unspecified atom stereocenters. The lowest BCUT2D eigenvalue weighted by Crippen LogP contribution is -2.16. The molecule has 10 heteroatoms. The Morgan fingerprint density at radius 3 is 2.57 bits per heavy atom. The zero-order valence-corrected chi connectivity index (χ0v) is 17.5. The fourth-order valence-electron chi connectivity index (χ4n) is 2.64. The van der Waals surface area contributed by atoms with Crippen molar-refractivity contribution in [2.24, 2.45) is 0 Å². The van der Waals surface area contributed by atoms with E-state index in [1.165, 1.54) is 39.9 Å². The SMILES string of the molecule is Cc1ccc(-c2nnc(SCC(=O)Nc3nc(-c4ccc(F)cc4)cs3)n2N)cc1. The molecule has 0 saturated carbocycles. The second-order valence-electron chi connectivity index (χ2n) is 6.42. The lowest BCUT2D eigenvalue weighted by molar-refractivity contribution is -0.113. The number of nitrogens with one attached hydrogen (secondary N) is 1. The van der Waals surface area contributed by atoms with Crippen LogP contribution in [0.3, 0.4) is 0 Å². The van der Waals surface area contributed by atoms with Gasteiger partial charge in [0.1, 0.15) is 5.82 Å². The maximum absolute atomic E-state index is 13.0. The lowest BCUT2D eigenvalue weighted by Gasteiger charge is -2.04. The number of aromatic nitrogens is 4. The first-order valence-electron chi connectivity index (χ1n) is 8.91. The van der Waals surface area contributed by atoms with Gasteiger partial charge >= 0.3 is 0 Å². The van der Waals surface area contributed by atoms with Crippen LogP contribution in [0, 0.1) is 12.7 Å². The minimum Gasteiger partial charge on any atom is -0.335 e. The van der Waals surface area contributed by atoms with Gasteiger partial charge in [0.15, 0.2) is 11.0 Å². The Hall–Kier alpha value is -3.24. The van der Waals surface area contributed by atoms with Gasteiger partial charge < -0.3 is 11.2 Å². The zero-order valence-electron chi connectivity index (χ0n) is 15.9. The van der Waals surface area contributed by atoms with Crippen LogP contribution in [-0.4, -0.2) is 31.5 Å². The van der Waals surface area contributed by atoms with Crippen molar-refractivity contribution in [1.29, 1.82) is 0 Å². The highest BCUT2D eigenvalue weighted by molar-refractivity contribution is 7.99. The van der Waals surface area contributed by atoms with Gasteiger partial charge in [-0.05, 0) is 31.2 Å². The Morgan fingerprint density at radius 2 is 1.83 bits per heavy atom. The highest BCUT2D eigenvalue weighted by Crippen LogP contribution is 2.26. The average molecular weight is 441 g/mol. The standard InChI is InChI=1S/C20H17FN6OS2/c1-12-2-4-14(5-3-12)18-25-26-20(27(18)22)30-11-17(28)24-19-23-16(10-29-19)13-6-8-15(21)9-7-13/h2-10H,11,22H2,1H3,(H,23,24,28). The van der Waals surface area contributed by atoms with Crippen LogP contribution in [0.4, 0.5) is 9.52 Å². The van der Waals surface area contributed by atoms with Crippen molar-refractivity contribution in [1.82, 2.24) is 19.9 Å². The van der Waals surface area contributed by atoms with E-state index in [4.69, 9.17) is 5.84 Å². The van der Waals surface area contributed by atoms with E-state index in [-0.39, 0.29) is 17.5 Å². The van der Waals surface area contributed by atoms with Crippen LogP contribution in [-0.2, 0) is 4.79 Å². The molecule has 0 atom stereocenters. The van der Waals surface area contributed by atoms with E-state index in [0.29, 0.717) is 21.8 Å². The van der Waals surface area contributed by atoms with Crippen molar-refractivity contribution < 1.29 is 9.18 Å². The molecule has 2 aromatic carbocycles. The molecule has 2 aromatic heterocycles. The van der Waals surface area contributed by atoms with E-state index >= 15 is 0 Å². The summed E-state index contributed by atoms with van der Waals surface area (Å²) >= 11 is 2.49. The quantitative estimate of drug-likeness (QED) is 0.348. The Bertz CT molecular complexity index is 1170.